The van der Waals surface area contributed by atoms with Gasteiger partial charge in [-0.3, -0.25) is 14.5 Å². The van der Waals surface area contributed by atoms with Gasteiger partial charge in [0.1, 0.15) is 12.7 Å². The Bertz CT molecular complexity index is 843. The third-order valence-corrected chi connectivity index (χ3v) is 3.98. The molecular weight excluding hydrogens is 316 g/mol. The van der Waals surface area contributed by atoms with E-state index < -0.39 is 0 Å². The monoisotopic (exact) mass is 338 g/mol. The minimum atomic E-state index is -0.0396. The van der Waals surface area contributed by atoms with E-state index in [4.69, 9.17) is 0 Å². The van der Waals surface area contributed by atoms with Crippen LogP contribution in [0.5, 0.6) is 0 Å². The maximum atomic E-state index is 12.6. The quantitative estimate of drug-likeness (QED) is 0.793. The van der Waals surface area contributed by atoms with Gasteiger partial charge in [-0.15, -0.1) is 10.2 Å². The van der Waals surface area contributed by atoms with Gasteiger partial charge in [0.15, 0.2) is 0 Å². The lowest BCUT2D eigenvalue weighted by molar-refractivity contribution is 0.0783. The largest absolute Gasteiger partial charge is 0.336 e. The maximum absolute atomic E-state index is 12.6. The van der Waals surface area contributed by atoms with Crippen molar-refractivity contribution in [2.45, 2.75) is 32.7 Å². The molecule has 0 aliphatic heterocycles. The van der Waals surface area contributed by atoms with Gasteiger partial charge >= 0.3 is 0 Å². The molecule has 1 amide bonds. The van der Waals surface area contributed by atoms with Gasteiger partial charge in [0, 0.05) is 23.7 Å². The molecule has 2 heterocycles. The second-order valence-electron chi connectivity index (χ2n) is 7.11. The number of H-pyrrole nitrogens is 1. The number of carbonyl (C=O) groups excluding carboxylic acids is 1. The number of nitrogens with one attached hydrogen (secondary N) is 1. The number of aromatic amines is 1. The van der Waals surface area contributed by atoms with Gasteiger partial charge in [0.2, 0.25) is 0 Å². The lowest BCUT2D eigenvalue weighted by Gasteiger charge is -2.17. The predicted octanol–water partition coefficient (Wildman–Crippen LogP) is 2.56. The van der Waals surface area contributed by atoms with Crippen molar-refractivity contribution in [3.63, 3.8) is 0 Å². The molecule has 25 heavy (non-hydrogen) atoms. The Balaban J connectivity index is 1.69. The Morgan fingerprint density at radius 3 is 2.36 bits per heavy atom. The van der Waals surface area contributed by atoms with Gasteiger partial charge in [-0.1, -0.05) is 20.8 Å². The number of rotatable bonds is 4. The summed E-state index contributed by atoms with van der Waals surface area (Å²) in [6, 6.07) is 9.37. The van der Waals surface area contributed by atoms with E-state index in [1.807, 2.05) is 30.3 Å². The highest BCUT2D eigenvalue weighted by Crippen LogP contribution is 2.21. The van der Waals surface area contributed by atoms with Crippen LogP contribution in [0.15, 0.2) is 43.0 Å². The van der Waals surface area contributed by atoms with E-state index in [9.17, 15) is 4.79 Å². The fourth-order valence-corrected chi connectivity index (χ4v) is 2.48. The molecule has 0 radical (unpaired) electrons. The van der Waals surface area contributed by atoms with Crippen LogP contribution in [0.2, 0.25) is 0 Å². The smallest absolute Gasteiger partial charge is 0.253 e. The first-order valence-electron chi connectivity index (χ1n) is 8.10. The highest BCUT2D eigenvalue weighted by Gasteiger charge is 2.19. The van der Waals surface area contributed by atoms with Crippen LogP contribution in [0.4, 0.5) is 0 Å². The summed E-state index contributed by atoms with van der Waals surface area (Å²) in [5, 5.41) is 14.9. The molecule has 1 aromatic carbocycles. The molecule has 0 fully saturated rings. The highest BCUT2D eigenvalue weighted by atomic mass is 16.2. The number of carbonyl (C=O) groups is 1. The van der Waals surface area contributed by atoms with E-state index in [1.165, 1.54) is 0 Å². The summed E-state index contributed by atoms with van der Waals surface area (Å²) < 4.78 is 1.79. The number of hydrogen-bond donors (Lipinski definition) is 1. The number of hydrogen-bond acceptors (Lipinski definition) is 4. The van der Waals surface area contributed by atoms with Crippen LogP contribution in [0.3, 0.4) is 0 Å². The minimum Gasteiger partial charge on any atom is -0.336 e. The molecule has 0 atom stereocenters. The molecule has 0 aliphatic rings. The number of nitrogens with zero attached hydrogens (tertiary/aromatic N) is 5. The molecule has 3 aromatic rings. The molecule has 0 saturated carbocycles. The lowest BCUT2D eigenvalue weighted by Crippen LogP contribution is -2.26. The van der Waals surface area contributed by atoms with Gasteiger partial charge in [-0.25, -0.2) is 0 Å². The van der Waals surface area contributed by atoms with Crippen molar-refractivity contribution in [1.82, 2.24) is 29.9 Å². The summed E-state index contributed by atoms with van der Waals surface area (Å²) in [7, 11) is 1.79. The summed E-state index contributed by atoms with van der Waals surface area (Å²) in [5.74, 6) is -0.0396. The molecular formula is C18H22N6O. The Morgan fingerprint density at radius 2 is 1.80 bits per heavy atom. The van der Waals surface area contributed by atoms with Gasteiger partial charge < -0.3 is 4.90 Å². The van der Waals surface area contributed by atoms with Crippen LogP contribution < -0.4 is 0 Å². The van der Waals surface area contributed by atoms with Crippen LogP contribution in [0.1, 0.15) is 42.5 Å². The summed E-state index contributed by atoms with van der Waals surface area (Å²) in [4.78, 5) is 14.3. The summed E-state index contributed by atoms with van der Waals surface area (Å²) in [6.45, 7) is 6.81. The van der Waals surface area contributed by atoms with Crippen molar-refractivity contribution >= 4 is 5.91 Å². The van der Waals surface area contributed by atoms with Gasteiger partial charge in [0.05, 0.1) is 17.9 Å². The topological polar surface area (TPSA) is 79.7 Å². The zero-order chi connectivity index (χ0) is 18.0. The third kappa shape index (κ3) is 3.76. The number of amides is 1. The lowest BCUT2D eigenvalue weighted by atomic mass is 9.92. The van der Waals surface area contributed by atoms with Crippen LogP contribution in [-0.4, -0.2) is 42.8 Å². The Morgan fingerprint density at radius 1 is 1.16 bits per heavy atom. The summed E-state index contributed by atoms with van der Waals surface area (Å²) in [6.07, 6.45) is 3.24. The maximum Gasteiger partial charge on any atom is 0.253 e. The van der Waals surface area contributed by atoms with Crippen molar-refractivity contribution in [3.05, 3.63) is 59.9 Å². The van der Waals surface area contributed by atoms with Crippen LogP contribution in [0.25, 0.3) is 5.69 Å². The minimum absolute atomic E-state index is 0.0185. The van der Waals surface area contributed by atoms with Crippen molar-refractivity contribution in [2.75, 3.05) is 7.05 Å². The molecule has 0 saturated heterocycles. The zero-order valence-electron chi connectivity index (χ0n) is 14.9. The fourth-order valence-electron chi connectivity index (χ4n) is 2.48. The van der Waals surface area contributed by atoms with E-state index in [0.29, 0.717) is 12.1 Å². The van der Waals surface area contributed by atoms with Gasteiger partial charge in [0.25, 0.3) is 5.91 Å². The molecule has 0 unspecified atom stereocenters. The van der Waals surface area contributed by atoms with Crippen molar-refractivity contribution in [2.24, 2.45) is 0 Å². The molecule has 1 N–H and O–H groups in total. The van der Waals surface area contributed by atoms with E-state index in [-0.39, 0.29) is 11.3 Å². The second kappa shape index (κ2) is 6.51. The van der Waals surface area contributed by atoms with Crippen molar-refractivity contribution in [3.8, 4) is 5.69 Å². The number of benzene rings is 1. The standard InChI is InChI=1S/C18H22N6O/c1-18(2,3)16-9-14(21-22-16)10-23(4)17(25)13-5-7-15(8-6-13)24-11-19-20-12-24/h5-9,11-12H,10H2,1-4H3,(H,21,22). The SMILES string of the molecule is CN(Cc1cc(C(C)(C)C)n[nH]1)C(=O)c1ccc(-n2cnnc2)cc1. The zero-order valence-corrected chi connectivity index (χ0v) is 14.9. The van der Waals surface area contributed by atoms with E-state index in [2.05, 4.69) is 41.2 Å². The molecule has 0 spiro atoms. The molecule has 7 nitrogen and oxygen atoms in total. The molecule has 2 aromatic heterocycles. The van der Waals surface area contributed by atoms with E-state index >= 15 is 0 Å². The Hall–Kier alpha value is -2.96. The predicted molar refractivity (Wildman–Crippen MR) is 94.4 cm³/mol. The summed E-state index contributed by atoms with van der Waals surface area (Å²) in [5.41, 5.74) is 3.43. The average molecular weight is 338 g/mol. The molecule has 130 valence electrons. The average Bonchev–Trinajstić information content (AvgIpc) is 3.25. The Labute approximate surface area is 146 Å². The van der Waals surface area contributed by atoms with Crippen LogP contribution in [0, 0.1) is 0 Å². The van der Waals surface area contributed by atoms with Crippen LogP contribution in [-0.2, 0) is 12.0 Å². The van der Waals surface area contributed by atoms with Gasteiger partial charge in [-0.05, 0) is 30.3 Å². The molecule has 0 bridgehead atoms. The summed E-state index contributed by atoms with van der Waals surface area (Å²) >= 11 is 0. The normalized spacial score (nSPS) is 11.5. The van der Waals surface area contributed by atoms with Crippen molar-refractivity contribution < 1.29 is 4.79 Å². The first-order valence-corrected chi connectivity index (χ1v) is 8.10. The van der Waals surface area contributed by atoms with Crippen molar-refractivity contribution in [1.29, 1.82) is 0 Å². The molecule has 0 aliphatic carbocycles. The fraction of sp³-hybridized carbons (Fsp3) is 0.333. The second-order valence-corrected chi connectivity index (χ2v) is 7.11. The highest BCUT2D eigenvalue weighted by molar-refractivity contribution is 5.94. The first kappa shape index (κ1) is 16.9. The molecule has 7 heteroatoms. The first-order chi connectivity index (χ1) is 11.8. The third-order valence-electron chi connectivity index (χ3n) is 3.98. The van der Waals surface area contributed by atoms with Gasteiger partial charge in [-0.2, -0.15) is 5.10 Å². The van der Waals surface area contributed by atoms with E-state index in [1.54, 1.807) is 29.2 Å². The molecule has 3 rings (SSSR count). The Kier molecular flexibility index (Phi) is 4.39. The van der Waals surface area contributed by atoms with E-state index in [0.717, 1.165) is 17.1 Å². The number of aromatic nitrogens is 5. The van der Waals surface area contributed by atoms with Crippen LogP contribution >= 0.6 is 0 Å².